The third-order valence-electron chi connectivity index (χ3n) is 3.72. The maximum absolute atomic E-state index is 12.3. The molecule has 0 bridgehead atoms. The monoisotopic (exact) mass is 335 g/mol. The van der Waals surface area contributed by atoms with Gasteiger partial charge in [-0.15, -0.1) is 0 Å². The number of amides is 1. The first-order valence-corrected chi connectivity index (χ1v) is 7.74. The van der Waals surface area contributed by atoms with Crippen molar-refractivity contribution in [3.8, 4) is 17.1 Å². The van der Waals surface area contributed by atoms with Crippen LogP contribution < -0.4 is 15.6 Å². The van der Waals surface area contributed by atoms with E-state index in [1.54, 1.807) is 7.11 Å². The Bertz CT molecular complexity index is 936. The normalized spacial score (nSPS) is 10.3. The maximum atomic E-state index is 12.3. The lowest BCUT2D eigenvalue weighted by molar-refractivity contribution is 0.0949. The van der Waals surface area contributed by atoms with Crippen molar-refractivity contribution >= 4 is 5.91 Å². The molecule has 3 aromatic rings. The van der Waals surface area contributed by atoms with Crippen LogP contribution in [0.5, 0.6) is 5.75 Å². The van der Waals surface area contributed by atoms with Gasteiger partial charge in [0.25, 0.3) is 11.5 Å². The zero-order chi connectivity index (χ0) is 17.6. The molecule has 1 heterocycles. The van der Waals surface area contributed by atoms with Crippen molar-refractivity contribution in [3.05, 3.63) is 82.3 Å². The van der Waals surface area contributed by atoms with Gasteiger partial charge in [0.05, 0.1) is 7.11 Å². The number of aromatic nitrogens is 2. The van der Waals surface area contributed by atoms with Crippen LogP contribution in [0.15, 0.2) is 65.6 Å². The number of hydrogen-bond acceptors (Lipinski definition) is 4. The summed E-state index contributed by atoms with van der Waals surface area (Å²) in [6.45, 7) is 0.253. The fourth-order valence-corrected chi connectivity index (χ4v) is 2.42. The minimum Gasteiger partial charge on any atom is -0.496 e. The predicted octanol–water partition coefficient (Wildman–Crippen LogP) is 2.38. The molecule has 0 unspecified atom stereocenters. The van der Waals surface area contributed by atoms with Gasteiger partial charge in [-0.05, 0) is 6.07 Å². The van der Waals surface area contributed by atoms with E-state index >= 15 is 0 Å². The highest BCUT2D eigenvalue weighted by molar-refractivity contribution is 5.93. The summed E-state index contributed by atoms with van der Waals surface area (Å²) < 4.78 is 5.24. The molecule has 1 amide bonds. The van der Waals surface area contributed by atoms with Crippen molar-refractivity contribution in [2.24, 2.45) is 0 Å². The van der Waals surface area contributed by atoms with Crippen LogP contribution in [0.3, 0.4) is 0 Å². The standard InChI is InChI=1S/C19H17N3O3/c1-25-16-10-6-5-9-14(16)11-21-18(23)15-12-20-17(22-19(15)24)13-7-3-2-4-8-13/h2-10,12H,11H2,1H3,(H,21,23)(H,20,22,24). The van der Waals surface area contributed by atoms with E-state index in [0.29, 0.717) is 11.6 Å². The molecule has 6 nitrogen and oxygen atoms in total. The van der Waals surface area contributed by atoms with Crippen molar-refractivity contribution in [2.75, 3.05) is 7.11 Å². The minimum atomic E-state index is -0.487. The number of carbonyl (C=O) groups is 1. The van der Waals surface area contributed by atoms with Gasteiger partial charge < -0.3 is 15.0 Å². The van der Waals surface area contributed by atoms with Crippen LogP contribution in [-0.2, 0) is 6.54 Å². The highest BCUT2D eigenvalue weighted by Crippen LogP contribution is 2.17. The van der Waals surface area contributed by atoms with Gasteiger partial charge >= 0.3 is 0 Å². The van der Waals surface area contributed by atoms with Crippen LogP contribution in [0.1, 0.15) is 15.9 Å². The first-order chi connectivity index (χ1) is 12.2. The number of H-pyrrole nitrogens is 1. The average molecular weight is 335 g/mol. The number of nitrogens with one attached hydrogen (secondary N) is 2. The van der Waals surface area contributed by atoms with Gasteiger partial charge in [0.1, 0.15) is 17.1 Å². The van der Waals surface area contributed by atoms with E-state index in [0.717, 1.165) is 11.1 Å². The lowest BCUT2D eigenvalue weighted by Crippen LogP contribution is -2.29. The number of nitrogens with zero attached hydrogens (tertiary/aromatic N) is 1. The SMILES string of the molecule is COc1ccccc1CNC(=O)c1cnc(-c2ccccc2)[nH]c1=O. The molecule has 0 fully saturated rings. The van der Waals surface area contributed by atoms with E-state index in [2.05, 4.69) is 15.3 Å². The zero-order valence-electron chi connectivity index (χ0n) is 13.7. The number of ether oxygens (including phenoxy) is 1. The Morgan fingerprint density at radius 2 is 1.84 bits per heavy atom. The molecular weight excluding hydrogens is 318 g/mol. The molecule has 0 aliphatic rings. The van der Waals surface area contributed by atoms with Gasteiger partial charge in [0.2, 0.25) is 0 Å². The van der Waals surface area contributed by atoms with Crippen LogP contribution >= 0.6 is 0 Å². The number of carbonyl (C=O) groups excluding carboxylic acids is 1. The highest BCUT2D eigenvalue weighted by atomic mass is 16.5. The summed E-state index contributed by atoms with van der Waals surface area (Å²) in [6.07, 6.45) is 1.29. The summed E-state index contributed by atoms with van der Waals surface area (Å²) in [7, 11) is 1.57. The average Bonchev–Trinajstić information content (AvgIpc) is 2.67. The highest BCUT2D eigenvalue weighted by Gasteiger charge is 2.13. The second-order valence-electron chi connectivity index (χ2n) is 5.34. The minimum absolute atomic E-state index is 0.0328. The van der Waals surface area contributed by atoms with Crippen molar-refractivity contribution in [1.82, 2.24) is 15.3 Å². The Kier molecular flexibility index (Phi) is 4.89. The maximum Gasteiger partial charge on any atom is 0.264 e. The van der Waals surface area contributed by atoms with Crippen molar-refractivity contribution in [2.45, 2.75) is 6.54 Å². The fourth-order valence-electron chi connectivity index (χ4n) is 2.42. The molecule has 2 aromatic carbocycles. The van der Waals surface area contributed by atoms with Gasteiger partial charge in [-0.25, -0.2) is 4.98 Å². The third-order valence-corrected chi connectivity index (χ3v) is 3.72. The first kappa shape index (κ1) is 16.4. The third kappa shape index (κ3) is 3.74. The Hall–Kier alpha value is -3.41. The van der Waals surface area contributed by atoms with E-state index in [-0.39, 0.29) is 12.1 Å². The van der Waals surface area contributed by atoms with Crippen molar-refractivity contribution in [1.29, 1.82) is 0 Å². The lowest BCUT2D eigenvalue weighted by Gasteiger charge is -2.09. The number of methoxy groups -OCH3 is 1. The molecule has 0 radical (unpaired) electrons. The second-order valence-corrected chi connectivity index (χ2v) is 5.34. The molecule has 0 saturated carbocycles. The molecule has 0 aliphatic heterocycles. The number of benzene rings is 2. The van der Waals surface area contributed by atoms with Crippen LogP contribution in [0.4, 0.5) is 0 Å². The van der Waals surface area contributed by atoms with Crippen molar-refractivity contribution in [3.63, 3.8) is 0 Å². The van der Waals surface area contributed by atoms with E-state index in [1.165, 1.54) is 6.20 Å². The van der Waals surface area contributed by atoms with Gasteiger partial charge in [0, 0.05) is 23.9 Å². The van der Waals surface area contributed by atoms with Gasteiger partial charge in [-0.1, -0.05) is 48.5 Å². The van der Waals surface area contributed by atoms with Crippen LogP contribution in [0, 0.1) is 0 Å². The van der Waals surface area contributed by atoms with Crippen LogP contribution in [0.2, 0.25) is 0 Å². The predicted molar refractivity (Wildman–Crippen MR) is 94.5 cm³/mol. The number of rotatable bonds is 5. The molecule has 0 aliphatic carbocycles. The number of para-hydroxylation sites is 1. The van der Waals surface area contributed by atoms with Gasteiger partial charge in [-0.2, -0.15) is 0 Å². The Morgan fingerprint density at radius 1 is 1.12 bits per heavy atom. The Morgan fingerprint density at radius 3 is 2.56 bits per heavy atom. The Balaban J connectivity index is 1.75. The molecule has 2 N–H and O–H groups in total. The largest absolute Gasteiger partial charge is 0.496 e. The van der Waals surface area contributed by atoms with Crippen molar-refractivity contribution < 1.29 is 9.53 Å². The van der Waals surface area contributed by atoms with E-state index < -0.39 is 11.5 Å². The second kappa shape index (κ2) is 7.44. The molecular formula is C19H17N3O3. The van der Waals surface area contributed by atoms with E-state index in [4.69, 9.17) is 4.74 Å². The molecule has 0 atom stereocenters. The topological polar surface area (TPSA) is 84.1 Å². The quantitative estimate of drug-likeness (QED) is 0.750. The molecule has 25 heavy (non-hydrogen) atoms. The first-order valence-electron chi connectivity index (χ1n) is 7.74. The summed E-state index contributed by atoms with van der Waals surface area (Å²) >= 11 is 0. The summed E-state index contributed by atoms with van der Waals surface area (Å²) in [5.41, 5.74) is 1.09. The summed E-state index contributed by atoms with van der Waals surface area (Å²) in [4.78, 5) is 31.3. The van der Waals surface area contributed by atoms with Gasteiger partial charge in [0.15, 0.2) is 0 Å². The van der Waals surface area contributed by atoms with Gasteiger partial charge in [-0.3, -0.25) is 9.59 Å². The van der Waals surface area contributed by atoms with E-state index in [1.807, 2.05) is 54.6 Å². The summed E-state index contributed by atoms with van der Waals surface area (Å²) in [5, 5.41) is 2.71. The summed E-state index contributed by atoms with van der Waals surface area (Å²) in [6, 6.07) is 16.6. The van der Waals surface area contributed by atoms with Crippen LogP contribution in [0.25, 0.3) is 11.4 Å². The molecule has 0 spiro atoms. The molecule has 126 valence electrons. The molecule has 1 aromatic heterocycles. The lowest BCUT2D eigenvalue weighted by atomic mass is 10.2. The van der Waals surface area contributed by atoms with E-state index in [9.17, 15) is 9.59 Å². The number of aromatic amines is 1. The smallest absolute Gasteiger partial charge is 0.264 e. The molecule has 6 heteroatoms. The van der Waals surface area contributed by atoms with Crippen LogP contribution in [-0.4, -0.2) is 23.0 Å². The molecule has 3 rings (SSSR count). The summed E-state index contributed by atoms with van der Waals surface area (Å²) in [5.74, 6) is 0.611. The zero-order valence-corrected chi connectivity index (χ0v) is 13.7. The molecule has 0 saturated heterocycles. The fraction of sp³-hybridized carbons (Fsp3) is 0.105. The number of hydrogen-bond donors (Lipinski definition) is 2. The Labute approximate surface area is 144 Å².